The maximum atomic E-state index is 9.65. The van der Waals surface area contributed by atoms with Crippen LogP contribution in [0.3, 0.4) is 0 Å². The average Bonchev–Trinajstić information content (AvgIpc) is 2.26. The Morgan fingerprint density at radius 3 is 2.07 bits per heavy atom. The van der Waals surface area contributed by atoms with Crippen molar-refractivity contribution in [2.75, 3.05) is 14.2 Å². The maximum absolute atomic E-state index is 9.65. The van der Waals surface area contributed by atoms with Crippen LogP contribution in [0.2, 0.25) is 0 Å². The molecule has 0 aliphatic heterocycles. The van der Waals surface area contributed by atoms with Gasteiger partial charge in [0.15, 0.2) is 0 Å². The molecule has 0 fully saturated rings. The van der Waals surface area contributed by atoms with Gasteiger partial charge in [0.1, 0.15) is 17.3 Å². The fourth-order valence-corrected chi connectivity index (χ4v) is 1.25. The van der Waals surface area contributed by atoms with E-state index in [0.29, 0.717) is 17.1 Å². The molecule has 1 aromatic rings. The summed E-state index contributed by atoms with van der Waals surface area (Å²) in [6.45, 7) is 1.75. The van der Waals surface area contributed by atoms with Gasteiger partial charge >= 0.3 is 0 Å². The number of ether oxygens (including phenoxy) is 2. The molecule has 76 valence electrons. The Bertz CT molecular complexity index is 320. The molecule has 0 saturated heterocycles. The lowest BCUT2D eigenvalue weighted by Crippen LogP contribution is -1.95. The van der Waals surface area contributed by atoms with Crippen LogP contribution >= 0.6 is 0 Å². The summed E-state index contributed by atoms with van der Waals surface area (Å²) in [4.78, 5) is 0. The Morgan fingerprint density at radius 2 is 1.71 bits per heavy atom. The highest BCUT2D eigenvalue weighted by Crippen LogP contribution is 2.33. The van der Waals surface area contributed by atoms with Crippen LogP contribution in [0.15, 0.2) is 24.3 Å². The number of hydrogen-bond acceptors (Lipinski definition) is 3. The zero-order valence-corrected chi connectivity index (χ0v) is 8.57. The van der Waals surface area contributed by atoms with Crippen LogP contribution < -0.4 is 9.47 Å². The number of allylic oxidation sites excluding steroid dienone is 1. The van der Waals surface area contributed by atoms with Gasteiger partial charge in [0.25, 0.3) is 0 Å². The van der Waals surface area contributed by atoms with Crippen LogP contribution in [0.5, 0.6) is 11.5 Å². The molecule has 0 atom stereocenters. The molecule has 1 aromatic carbocycles. The summed E-state index contributed by atoms with van der Waals surface area (Å²) < 4.78 is 10.3. The van der Waals surface area contributed by atoms with E-state index in [4.69, 9.17) is 9.47 Å². The molecule has 0 amide bonds. The largest absolute Gasteiger partial charge is 0.507 e. The van der Waals surface area contributed by atoms with E-state index in [1.807, 2.05) is 6.07 Å². The van der Waals surface area contributed by atoms with Crippen molar-refractivity contribution in [2.45, 2.75) is 6.92 Å². The lowest BCUT2D eigenvalue weighted by atomic mass is 10.1. The first kappa shape index (κ1) is 10.4. The molecule has 0 unspecified atom stereocenters. The summed E-state index contributed by atoms with van der Waals surface area (Å²) in [5.41, 5.74) is 0.583. The fourth-order valence-electron chi connectivity index (χ4n) is 1.25. The van der Waals surface area contributed by atoms with Gasteiger partial charge in [-0.15, -0.1) is 0 Å². The van der Waals surface area contributed by atoms with Crippen LogP contribution in [0.4, 0.5) is 0 Å². The van der Waals surface area contributed by atoms with E-state index >= 15 is 0 Å². The van der Waals surface area contributed by atoms with Gasteiger partial charge in [-0.2, -0.15) is 0 Å². The summed E-state index contributed by atoms with van der Waals surface area (Å²) in [6, 6.07) is 5.36. The first-order valence-electron chi connectivity index (χ1n) is 4.31. The molecule has 14 heavy (non-hydrogen) atoms. The molecule has 1 N–H and O–H groups in total. The molecule has 0 aliphatic carbocycles. The number of aliphatic hydroxyl groups is 1. The molecule has 0 radical (unpaired) electrons. The Kier molecular flexibility index (Phi) is 3.40. The molecule has 0 bridgehead atoms. The second-order valence-corrected chi connectivity index (χ2v) is 2.71. The highest BCUT2D eigenvalue weighted by molar-refractivity contribution is 5.70. The molecule has 1 rings (SSSR count). The van der Waals surface area contributed by atoms with E-state index < -0.39 is 0 Å². The predicted molar refractivity (Wildman–Crippen MR) is 55.8 cm³/mol. The Hall–Kier alpha value is -1.64. The lowest BCUT2D eigenvalue weighted by Gasteiger charge is -2.11. The summed E-state index contributed by atoms with van der Waals surface area (Å²) in [7, 11) is 3.11. The third-order valence-corrected chi connectivity index (χ3v) is 1.96. The first-order chi connectivity index (χ1) is 6.74. The Balaban J connectivity index is 3.33. The topological polar surface area (TPSA) is 38.7 Å². The zero-order valence-electron chi connectivity index (χ0n) is 8.57. The quantitative estimate of drug-likeness (QED) is 0.752. The van der Waals surface area contributed by atoms with E-state index in [2.05, 4.69) is 0 Å². The molecule has 0 aliphatic rings. The van der Waals surface area contributed by atoms with Crippen LogP contribution in [0.25, 0.3) is 5.76 Å². The summed E-state index contributed by atoms with van der Waals surface area (Å²) >= 11 is 0. The van der Waals surface area contributed by atoms with E-state index in [1.54, 1.807) is 39.4 Å². The van der Waals surface area contributed by atoms with Crippen molar-refractivity contribution < 1.29 is 14.6 Å². The van der Waals surface area contributed by atoms with Crippen LogP contribution in [-0.2, 0) is 0 Å². The van der Waals surface area contributed by atoms with Crippen molar-refractivity contribution in [3.63, 3.8) is 0 Å². The summed E-state index contributed by atoms with van der Waals surface area (Å²) in [6.07, 6.45) is 1.60. The molecule has 0 spiro atoms. The normalized spacial score (nSPS) is 11.2. The minimum Gasteiger partial charge on any atom is -0.507 e. The molecular weight excluding hydrogens is 180 g/mol. The maximum Gasteiger partial charge on any atom is 0.133 e. The number of aliphatic hydroxyl groups excluding tert-OH is 1. The number of benzene rings is 1. The standard InChI is InChI=1S/C11H14O3/c1-4-8(12)11-9(13-2)6-5-7-10(11)14-3/h4-7,12H,1-3H3. The van der Waals surface area contributed by atoms with Crippen molar-refractivity contribution in [2.24, 2.45) is 0 Å². The van der Waals surface area contributed by atoms with Crippen LogP contribution in [-0.4, -0.2) is 19.3 Å². The fraction of sp³-hybridized carbons (Fsp3) is 0.273. The average molecular weight is 194 g/mol. The zero-order chi connectivity index (χ0) is 10.6. The number of rotatable bonds is 3. The SMILES string of the molecule is CC=C(O)c1c(OC)cccc1OC. The summed E-state index contributed by atoms with van der Waals surface area (Å²) in [5, 5.41) is 9.65. The third-order valence-electron chi connectivity index (χ3n) is 1.96. The van der Waals surface area contributed by atoms with Gasteiger partial charge in [0.2, 0.25) is 0 Å². The minimum atomic E-state index is 0.152. The van der Waals surface area contributed by atoms with Gasteiger partial charge in [0, 0.05) is 0 Å². The van der Waals surface area contributed by atoms with Crippen LogP contribution in [0, 0.1) is 0 Å². The van der Waals surface area contributed by atoms with Crippen molar-refractivity contribution in [1.82, 2.24) is 0 Å². The van der Waals surface area contributed by atoms with E-state index in [-0.39, 0.29) is 5.76 Å². The van der Waals surface area contributed by atoms with E-state index in [0.717, 1.165) is 0 Å². The van der Waals surface area contributed by atoms with E-state index in [9.17, 15) is 5.11 Å². The molecule has 0 aromatic heterocycles. The second kappa shape index (κ2) is 4.56. The minimum absolute atomic E-state index is 0.152. The van der Waals surface area contributed by atoms with Gasteiger partial charge in [-0.1, -0.05) is 6.07 Å². The van der Waals surface area contributed by atoms with Gasteiger partial charge in [0.05, 0.1) is 19.8 Å². The molecule has 3 heteroatoms. The molecule has 0 heterocycles. The molecule has 0 saturated carbocycles. The van der Waals surface area contributed by atoms with Crippen molar-refractivity contribution in [1.29, 1.82) is 0 Å². The number of methoxy groups -OCH3 is 2. The summed E-state index contributed by atoms with van der Waals surface area (Å²) in [5.74, 6) is 1.35. The van der Waals surface area contributed by atoms with Crippen LogP contribution in [0.1, 0.15) is 12.5 Å². The van der Waals surface area contributed by atoms with Gasteiger partial charge in [-0.05, 0) is 25.1 Å². The Labute approximate surface area is 83.6 Å². The highest BCUT2D eigenvalue weighted by Gasteiger charge is 2.12. The second-order valence-electron chi connectivity index (χ2n) is 2.71. The monoisotopic (exact) mass is 194 g/mol. The lowest BCUT2D eigenvalue weighted by molar-refractivity contribution is 0.384. The van der Waals surface area contributed by atoms with Gasteiger partial charge < -0.3 is 14.6 Å². The predicted octanol–water partition coefficient (Wildman–Crippen LogP) is 2.62. The highest BCUT2D eigenvalue weighted by atomic mass is 16.5. The Morgan fingerprint density at radius 1 is 1.21 bits per heavy atom. The van der Waals surface area contributed by atoms with Crippen molar-refractivity contribution in [3.05, 3.63) is 29.8 Å². The van der Waals surface area contributed by atoms with Crippen molar-refractivity contribution >= 4 is 5.76 Å². The van der Waals surface area contributed by atoms with E-state index in [1.165, 1.54) is 0 Å². The first-order valence-corrected chi connectivity index (χ1v) is 4.31. The van der Waals surface area contributed by atoms with Gasteiger partial charge in [-0.3, -0.25) is 0 Å². The number of hydrogen-bond donors (Lipinski definition) is 1. The molecule has 3 nitrogen and oxygen atoms in total. The molecular formula is C11H14O3. The smallest absolute Gasteiger partial charge is 0.133 e. The third kappa shape index (κ3) is 1.82. The van der Waals surface area contributed by atoms with Gasteiger partial charge in [-0.25, -0.2) is 0 Å². The van der Waals surface area contributed by atoms with Crippen molar-refractivity contribution in [3.8, 4) is 11.5 Å².